The Morgan fingerprint density at radius 1 is 1.50 bits per heavy atom. The molecule has 2 heterocycles. The fourth-order valence-electron chi connectivity index (χ4n) is 1.69. The van der Waals surface area contributed by atoms with Crippen molar-refractivity contribution in [1.82, 2.24) is 25.3 Å². The van der Waals surface area contributed by atoms with E-state index in [9.17, 15) is 4.79 Å². The molecule has 0 saturated heterocycles. The number of alkyl carbamates (subject to hydrolysis) is 1. The van der Waals surface area contributed by atoms with Crippen LogP contribution in [0, 0.1) is 0 Å². The van der Waals surface area contributed by atoms with Gasteiger partial charge in [-0.1, -0.05) is 5.21 Å². The zero-order valence-electron chi connectivity index (χ0n) is 10.6. The van der Waals surface area contributed by atoms with Crippen molar-refractivity contribution in [2.45, 2.75) is 6.61 Å². The monoisotopic (exact) mass is 289 g/mol. The van der Waals surface area contributed by atoms with Crippen LogP contribution in [0.4, 0.5) is 4.79 Å². The van der Waals surface area contributed by atoms with E-state index in [1.807, 2.05) is 18.2 Å². The number of carbonyl (C=O) groups excluding carboxylic acids is 1. The first-order chi connectivity index (χ1) is 9.76. The zero-order valence-corrected chi connectivity index (χ0v) is 11.4. The van der Waals surface area contributed by atoms with Crippen LogP contribution in [-0.2, 0) is 11.3 Å². The molecule has 0 aliphatic carbocycles. The predicted molar refractivity (Wildman–Crippen MR) is 73.8 cm³/mol. The molecule has 102 valence electrons. The number of benzene rings is 1. The first kappa shape index (κ1) is 12.5. The van der Waals surface area contributed by atoms with E-state index in [4.69, 9.17) is 4.74 Å². The van der Waals surface area contributed by atoms with Gasteiger partial charge < -0.3 is 10.1 Å². The lowest BCUT2D eigenvalue weighted by Gasteiger charge is -2.00. The summed E-state index contributed by atoms with van der Waals surface area (Å²) >= 11 is 1.59. The van der Waals surface area contributed by atoms with E-state index < -0.39 is 6.09 Å². The molecule has 0 bridgehead atoms. The van der Waals surface area contributed by atoms with E-state index in [-0.39, 0.29) is 6.61 Å². The topological polar surface area (TPSA) is 81.9 Å². The number of carbonyl (C=O) groups is 1. The molecule has 0 spiro atoms. The van der Waals surface area contributed by atoms with Crippen molar-refractivity contribution in [2.24, 2.45) is 0 Å². The lowest BCUT2D eigenvalue weighted by Crippen LogP contribution is -2.18. The number of nitrogens with zero attached hydrogens (tertiary/aromatic N) is 4. The average molecular weight is 289 g/mol. The quantitative estimate of drug-likeness (QED) is 0.794. The third-order valence-electron chi connectivity index (χ3n) is 2.67. The molecule has 0 radical (unpaired) electrons. The van der Waals surface area contributed by atoms with Crippen LogP contribution in [0.25, 0.3) is 15.9 Å². The van der Waals surface area contributed by atoms with Crippen molar-refractivity contribution in [1.29, 1.82) is 0 Å². The molecule has 0 unspecified atom stereocenters. The zero-order chi connectivity index (χ0) is 13.9. The largest absolute Gasteiger partial charge is 0.443 e. The summed E-state index contributed by atoms with van der Waals surface area (Å²) in [5.74, 6) is 0. The molecular formula is C12H11N5O2S. The van der Waals surface area contributed by atoms with Crippen LogP contribution >= 0.6 is 11.3 Å². The summed E-state index contributed by atoms with van der Waals surface area (Å²) in [6.07, 6.45) is 1.22. The van der Waals surface area contributed by atoms with Crippen LogP contribution in [0.3, 0.4) is 0 Å². The molecule has 0 aliphatic heterocycles. The van der Waals surface area contributed by atoms with Gasteiger partial charge >= 0.3 is 6.09 Å². The molecule has 0 fully saturated rings. The van der Waals surface area contributed by atoms with Gasteiger partial charge in [0.15, 0.2) is 0 Å². The van der Waals surface area contributed by atoms with Gasteiger partial charge in [0.2, 0.25) is 0 Å². The Bertz CT molecular complexity index is 751. The normalized spacial score (nSPS) is 10.7. The molecule has 0 aliphatic rings. The summed E-state index contributed by atoms with van der Waals surface area (Å²) in [6, 6.07) is 5.87. The average Bonchev–Trinajstić information content (AvgIpc) is 3.12. The van der Waals surface area contributed by atoms with Gasteiger partial charge in [-0.2, -0.15) is 0 Å². The van der Waals surface area contributed by atoms with Crippen LogP contribution < -0.4 is 5.32 Å². The van der Waals surface area contributed by atoms with Crippen LogP contribution in [0.15, 0.2) is 29.9 Å². The number of thiazole rings is 1. The van der Waals surface area contributed by atoms with Crippen LogP contribution in [0.2, 0.25) is 0 Å². The molecule has 1 amide bonds. The van der Waals surface area contributed by atoms with Crippen molar-refractivity contribution >= 4 is 27.6 Å². The minimum absolute atomic E-state index is 0.0820. The maximum atomic E-state index is 11.0. The molecule has 8 heteroatoms. The highest BCUT2D eigenvalue weighted by Gasteiger charge is 2.07. The van der Waals surface area contributed by atoms with E-state index in [0.717, 1.165) is 15.9 Å². The summed E-state index contributed by atoms with van der Waals surface area (Å²) in [4.78, 5) is 15.2. The van der Waals surface area contributed by atoms with Gasteiger partial charge in [0.05, 0.1) is 27.6 Å². The van der Waals surface area contributed by atoms with Gasteiger partial charge in [0.1, 0.15) is 12.3 Å². The summed E-state index contributed by atoms with van der Waals surface area (Å²) in [6.45, 7) is 0.0820. The van der Waals surface area contributed by atoms with E-state index in [2.05, 4.69) is 20.6 Å². The number of hydrogen-bond acceptors (Lipinski definition) is 6. The Labute approximate surface area is 118 Å². The Kier molecular flexibility index (Phi) is 3.30. The Morgan fingerprint density at radius 3 is 3.25 bits per heavy atom. The molecule has 20 heavy (non-hydrogen) atoms. The van der Waals surface area contributed by atoms with E-state index >= 15 is 0 Å². The fourth-order valence-corrected chi connectivity index (χ4v) is 2.35. The van der Waals surface area contributed by atoms with E-state index in [1.165, 1.54) is 7.05 Å². The minimum atomic E-state index is -0.497. The number of fused-ring (bicyclic) bond motifs is 1. The summed E-state index contributed by atoms with van der Waals surface area (Å²) in [7, 11) is 1.50. The van der Waals surface area contributed by atoms with Crippen molar-refractivity contribution in [3.05, 3.63) is 35.6 Å². The lowest BCUT2D eigenvalue weighted by molar-refractivity contribution is 0.140. The first-order valence-corrected chi connectivity index (χ1v) is 6.73. The van der Waals surface area contributed by atoms with Crippen molar-refractivity contribution in [3.8, 4) is 5.69 Å². The molecule has 0 saturated carbocycles. The van der Waals surface area contributed by atoms with Gasteiger partial charge in [-0.05, 0) is 18.2 Å². The van der Waals surface area contributed by atoms with Gasteiger partial charge in [-0.3, -0.25) is 0 Å². The number of rotatable bonds is 3. The maximum absolute atomic E-state index is 11.0. The maximum Gasteiger partial charge on any atom is 0.407 e. The second-order valence-corrected chi connectivity index (χ2v) is 4.87. The third-order valence-corrected chi connectivity index (χ3v) is 3.48. The highest BCUT2D eigenvalue weighted by atomic mass is 32.1. The molecule has 2 aromatic heterocycles. The molecule has 3 rings (SSSR count). The third kappa shape index (κ3) is 2.45. The number of aromatic nitrogens is 4. The smallest absolute Gasteiger partial charge is 0.407 e. The van der Waals surface area contributed by atoms with E-state index in [1.54, 1.807) is 27.7 Å². The number of nitrogens with one attached hydrogen (secondary N) is 1. The van der Waals surface area contributed by atoms with Gasteiger partial charge in [-0.25, -0.2) is 14.5 Å². The second-order valence-electron chi connectivity index (χ2n) is 3.98. The van der Waals surface area contributed by atoms with Crippen LogP contribution in [0.5, 0.6) is 0 Å². The second kappa shape index (κ2) is 5.25. The van der Waals surface area contributed by atoms with Crippen molar-refractivity contribution in [3.63, 3.8) is 0 Å². The first-order valence-electron chi connectivity index (χ1n) is 5.85. The molecule has 0 atom stereocenters. The SMILES string of the molecule is CNC(=O)OCc1cn(-c2ccc3scnc3c2)nn1. The number of amides is 1. The summed E-state index contributed by atoms with van der Waals surface area (Å²) < 4.78 is 7.66. The molecule has 3 aromatic rings. The van der Waals surface area contributed by atoms with Crippen LogP contribution in [0.1, 0.15) is 5.69 Å². The molecule has 1 aromatic carbocycles. The molecule has 7 nitrogen and oxygen atoms in total. The molecular weight excluding hydrogens is 278 g/mol. The minimum Gasteiger partial charge on any atom is -0.443 e. The standard InChI is InChI=1S/C12H11N5O2S/c1-13-12(18)19-6-8-5-17(16-15-8)9-2-3-11-10(4-9)14-7-20-11/h2-5,7H,6H2,1H3,(H,13,18). The van der Waals surface area contributed by atoms with E-state index in [0.29, 0.717) is 5.69 Å². The Morgan fingerprint density at radius 2 is 2.40 bits per heavy atom. The van der Waals surface area contributed by atoms with Gasteiger partial charge in [0, 0.05) is 7.05 Å². The summed E-state index contributed by atoms with van der Waals surface area (Å²) in [5.41, 5.74) is 4.17. The summed E-state index contributed by atoms with van der Waals surface area (Å²) in [5, 5.41) is 10.3. The lowest BCUT2D eigenvalue weighted by atomic mass is 10.3. The number of hydrogen-bond donors (Lipinski definition) is 1. The highest BCUT2D eigenvalue weighted by Crippen LogP contribution is 2.20. The highest BCUT2D eigenvalue weighted by molar-refractivity contribution is 7.16. The number of ether oxygens (including phenoxy) is 1. The fraction of sp³-hybridized carbons (Fsp3) is 0.167. The Hall–Kier alpha value is -2.48. The Balaban J connectivity index is 1.80. The van der Waals surface area contributed by atoms with Gasteiger partial charge in [-0.15, -0.1) is 16.4 Å². The van der Waals surface area contributed by atoms with Crippen molar-refractivity contribution < 1.29 is 9.53 Å². The molecule has 1 N–H and O–H groups in total. The van der Waals surface area contributed by atoms with Crippen molar-refractivity contribution in [2.75, 3.05) is 7.05 Å². The van der Waals surface area contributed by atoms with Gasteiger partial charge in [0.25, 0.3) is 0 Å². The van der Waals surface area contributed by atoms with Crippen LogP contribution in [-0.4, -0.2) is 33.1 Å². The predicted octanol–water partition coefficient (Wildman–Crippen LogP) is 1.73.